The van der Waals surface area contributed by atoms with Gasteiger partial charge in [-0.3, -0.25) is 4.79 Å². The largest absolute Gasteiger partial charge is 0.503 e. The molecule has 0 fully saturated rings. The van der Waals surface area contributed by atoms with E-state index in [2.05, 4.69) is 32.6 Å². The zero-order chi connectivity index (χ0) is 24.5. The van der Waals surface area contributed by atoms with Gasteiger partial charge in [0.2, 0.25) is 0 Å². The van der Waals surface area contributed by atoms with Crippen LogP contribution in [0, 0.1) is 6.92 Å². The number of nitrogens with one attached hydrogen (secondary N) is 2. The second kappa shape index (κ2) is 12.1. The number of thioether (sulfide) groups is 1. The predicted octanol–water partition coefficient (Wildman–Crippen LogP) is 3.99. The third-order valence-corrected chi connectivity index (χ3v) is 5.87. The standard InChI is InChI=1S/C23H25ClN6O3S/c1-4-9-30-20(13-25-17-7-5-15(2)6-8-17)27-29-23(30)34-14-21(31)28-26-12-16-10-18(24)22(32)19(11-16)33-3/h4-8,10-12,25,32H,1,9,13-14H2,2-3H3,(H,28,31). The lowest BCUT2D eigenvalue weighted by atomic mass is 10.2. The molecule has 9 nitrogen and oxygen atoms in total. The third kappa shape index (κ3) is 6.75. The van der Waals surface area contributed by atoms with Gasteiger partial charge >= 0.3 is 0 Å². The number of methoxy groups -OCH3 is 1. The number of allylic oxidation sites excluding steroid dienone is 1. The van der Waals surface area contributed by atoms with E-state index in [-0.39, 0.29) is 28.2 Å². The molecule has 34 heavy (non-hydrogen) atoms. The van der Waals surface area contributed by atoms with Gasteiger partial charge in [-0.25, -0.2) is 5.43 Å². The van der Waals surface area contributed by atoms with Crippen molar-refractivity contribution in [3.63, 3.8) is 0 Å². The van der Waals surface area contributed by atoms with Crippen LogP contribution in [-0.2, 0) is 17.9 Å². The normalized spacial score (nSPS) is 10.9. The molecule has 1 heterocycles. The molecule has 0 aliphatic heterocycles. The molecule has 0 aliphatic carbocycles. The van der Waals surface area contributed by atoms with Crippen LogP contribution in [-0.4, -0.2) is 44.9 Å². The van der Waals surface area contributed by atoms with Crippen LogP contribution in [0.15, 0.2) is 59.3 Å². The molecule has 3 aromatic rings. The first kappa shape index (κ1) is 25.1. The summed E-state index contributed by atoms with van der Waals surface area (Å²) < 4.78 is 6.95. The van der Waals surface area contributed by atoms with Gasteiger partial charge in [0.05, 0.1) is 30.6 Å². The van der Waals surface area contributed by atoms with E-state index in [4.69, 9.17) is 16.3 Å². The Morgan fingerprint density at radius 3 is 2.79 bits per heavy atom. The number of halogens is 1. The van der Waals surface area contributed by atoms with Crippen molar-refractivity contribution in [2.75, 3.05) is 18.2 Å². The second-order valence-electron chi connectivity index (χ2n) is 7.15. The lowest BCUT2D eigenvalue weighted by Gasteiger charge is -2.09. The zero-order valence-electron chi connectivity index (χ0n) is 18.8. The minimum absolute atomic E-state index is 0.0949. The van der Waals surface area contributed by atoms with E-state index in [0.717, 1.165) is 11.5 Å². The van der Waals surface area contributed by atoms with Gasteiger partial charge in [0.25, 0.3) is 5.91 Å². The van der Waals surface area contributed by atoms with Crippen LogP contribution in [0.1, 0.15) is 17.0 Å². The van der Waals surface area contributed by atoms with Gasteiger partial charge in [-0.2, -0.15) is 5.10 Å². The molecule has 1 amide bonds. The lowest BCUT2D eigenvalue weighted by molar-refractivity contribution is -0.118. The maximum Gasteiger partial charge on any atom is 0.250 e. The molecular formula is C23H25ClN6O3S. The van der Waals surface area contributed by atoms with Gasteiger partial charge in [0.1, 0.15) is 0 Å². The highest BCUT2D eigenvalue weighted by atomic mass is 35.5. The van der Waals surface area contributed by atoms with E-state index in [0.29, 0.717) is 23.8 Å². The monoisotopic (exact) mass is 500 g/mol. The summed E-state index contributed by atoms with van der Waals surface area (Å²) in [7, 11) is 1.42. The Kier molecular flexibility index (Phi) is 8.94. The molecule has 2 aromatic carbocycles. The van der Waals surface area contributed by atoms with Crippen LogP contribution in [0.2, 0.25) is 5.02 Å². The number of ether oxygens (including phenoxy) is 1. The number of carbonyl (C=O) groups is 1. The summed E-state index contributed by atoms with van der Waals surface area (Å²) in [6.45, 7) is 6.84. The molecule has 0 unspecified atom stereocenters. The van der Waals surface area contributed by atoms with Crippen molar-refractivity contribution in [3.05, 3.63) is 71.0 Å². The van der Waals surface area contributed by atoms with Gasteiger partial charge < -0.3 is 19.7 Å². The van der Waals surface area contributed by atoms with Crippen molar-refractivity contribution >= 4 is 41.2 Å². The number of hydrazone groups is 1. The van der Waals surface area contributed by atoms with Gasteiger partial charge in [-0.05, 0) is 36.8 Å². The Labute approximate surface area is 206 Å². The maximum atomic E-state index is 12.2. The summed E-state index contributed by atoms with van der Waals surface area (Å²) in [6.07, 6.45) is 3.16. The van der Waals surface area contributed by atoms with E-state index in [1.807, 2.05) is 35.8 Å². The highest BCUT2D eigenvalue weighted by molar-refractivity contribution is 7.99. The lowest BCUT2D eigenvalue weighted by Crippen LogP contribution is -2.20. The zero-order valence-corrected chi connectivity index (χ0v) is 20.4. The van der Waals surface area contributed by atoms with E-state index in [9.17, 15) is 9.90 Å². The summed E-state index contributed by atoms with van der Waals surface area (Å²) >= 11 is 7.20. The molecule has 0 saturated carbocycles. The molecule has 0 spiro atoms. The first-order chi connectivity index (χ1) is 16.4. The SMILES string of the molecule is C=CCn1c(CNc2ccc(C)cc2)nnc1SCC(=O)NN=Cc1cc(Cl)c(O)c(OC)c1. The fourth-order valence-electron chi connectivity index (χ4n) is 2.89. The van der Waals surface area contributed by atoms with Gasteiger partial charge in [0.15, 0.2) is 22.5 Å². The third-order valence-electron chi connectivity index (χ3n) is 4.61. The molecule has 1 aromatic heterocycles. The van der Waals surface area contributed by atoms with Gasteiger partial charge in [-0.1, -0.05) is 47.1 Å². The number of aromatic nitrogens is 3. The van der Waals surface area contributed by atoms with Gasteiger partial charge in [-0.15, -0.1) is 16.8 Å². The average Bonchev–Trinajstić information content (AvgIpc) is 3.21. The predicted molar refractivity (Wildman–Crippen MR) is 135 cm³/mol. The number of hydrogen-bond donors (Lipinski definition) is 3. The summed E-state index contributed by atoms with van der Waals surface area (Å²) in [5.41, 5.74) is 5.19. The van der Waals surface area contributed by atoms with Crippen LogP contribution in [0.5, 0.6) is 11.5 Å². The van der Waals surface area contributed by atoms with E-state index in [1.165, 1.54) is 36.7 Å². The highest BCUT2D eigenvalue weighted by Gasteiger charge is 2.13. The number of rotatable bonds is 11. The van der Waals surface area contributed by atoms with Crippen LogP contribution < -0.4 is 15.5 Å². The summed E-state index contributed by atoms with van der Waals surface area (Å²) in [5.74, 6) is 0.575. The van der Waals surface area contributed by atoms with Crippen molar-refractivity contribution in [2.45, 2.75) is 25.2 Å². The molecule has 3 rings (SSSR count). The number of anilines is 1. The molecule has 0 bridgehead atoms. The van der Waals surface area contributed by atoms with Crippen LogP contribution in [0.4, 0.5) is 5.69 Å². The van der Waals surface area contributed by atoms with Crippen LogP contribution in [0.25, 0.3) is 0 Å². The molecule has 11 heteroatoms. The first-order valence-corrected chi connectivity index (χ1v) is 11.6. The number of amides is 1. The number of phenols is 1. The van der Waals surface area contributed by atoms with Crippen molar-refractivity contribution < 1.29 is 14.6 Å². The molecule has 0 aliphatic rings. The summed E-state index contributed by atoms with van der Waals surface area (Å²) in [4.78, 5) is 12.2. The maximum absolute atomic E-state index is 12.2. The summed E-state index contributed by atoms with van der Waals surface area (Å²) in [5, 5.41) is 26.2. The number of aryl methyl sites for hydroxylation is 1. The second-order valence-corrected chi connectivity index (χ2v) is 8.50. The molecule has 0 radical (unpaired) electrons. The number of phenolic OH excluding ortho intramolecular Hbond substituents is 1. The fourth-order valence-corrected chi connectivity index (χ4v) is 3.86. The van der Waals surface area contributed by atoms with Gasteiger partial charge in [0, 0.05) is 12.2 Å². The van der Waals surface area contributed by atoms with Crippen LogP contribution >= 0.6 is 23.4 Å². The fraction of sp³-hybridized carbons (Fsp3) is 0.217. The van der Waals surface area contributed by atoms with Crippen molar-refractivity contribution in [3.8, 4) is 11.5 Å². The molecule has 0 saturated heterocycles. The van der Waals surface area contributed by atoms with E-state index >= 15 is 0 Å². The number of benzene rings is 2. The number of nitrogens with zero attached hydrogens (tertiary/aromatic N) is 4. The van der Waals surface area contributed by atoms with Crippen molar-refractivity contribution in [2.24, 2.45) is 5.10 Å². The Morgan fingerprint density at radius 2 is 2.09 bits per heavy atom. The Morgan fingerprint density at radius 1 is 1.32 bits per heavy atom. The molecule has 0 atom stereocenters. The molecule has 3 N–H and O–H groups in total. The topological polar surface area (TPSA) is 114 Å². The minimum Gasteiger partial charge on any atom is -0.503 e. The highest BCUT2D eigenvalue weighted by Crippen LogP contribution is 2.34. The van der Waals surface area contributed by atoms with E-state index < -0.39 is 0 Å². The average molecular weight is 501 g/mol. The smallest absolute Gasteiger partial charge is 0.250 e. The Bertz CT molecular complexity index is 1180. The molecule has 178 valence electrons. The van der Waals surface area contributed by atoms with Crippen LogP contribution in [0.3, 0.4) is 0 Å². The molecular weight excluding hydrogens is 476 g/mol. The van der Waals surface area contributed by atoms with Crippen molar-refractivity contribution in [1.29, 1.82) is 0 Å². The quantitative estimate of drug-likeness (QED) is 0.158. The number of aromatic hydroxyl groups is 1. The summed E-state index contributed by atoms with van der Waals surface area (Å²) in [6, 6.07) is 11.1. The Hall–Kier alpha value is -3.50. The Balaban J connectivity index is 1.56. The first-order valence-electron chi connectivity index (χ1n) is 10.3. The van der Waals surface area contributed by atoms with E-state index in [1.54, 1.807) is 12.1 Å². The van der Waals surface area contributed by atoms with Crippen molar-refractivity contribution in [1.82, 2.24) is 20.2 Å². The minimum atomic E-state index is -0.314. The number of carbonyl (C=O) groups excluding carboxylic acids is 1. The number of hydrogen-bond acceptors (Lipinski definition) is 8.